The van der Waals surface area contributed by atoms with Gasteiger partial charge >= 0.3 is 0 Å². The molecule has 4 heterocycles. The SMILES string of the molecule is CN(C)C(=O)c1sc2ncccc2c1[C@@H]1CCN(c2ncccn2)C1. The van der Waals surface area contributed by atoms with E-state index in [4.69, 9.17) is 0 Å². The Morgan fingerprint density at radius 3 is 2.72 bits per heavy atom. The average molecular weight is 353 g/mol. The number of aromatic nitrogens is 3. The first-order chi connectivity index (χ1) is 12.1. The molecule has 0 unspecified atom stereocenters. The highest BCUT2D eigenvalue weighted by molar-refractivity contribution is 7.20. The Balaban J connectivity index is 1.73. The zero-order valence-corrected chi connectivity index (χ0v) is 15.0. The van der Waals surface area contributed by atoms with Crippen molar-refractivity contribution >= 4 is 33.4 Å². The smallest absolute Gasteiger partial charge is 0.263 e. The van der Waals surface area contributed by atoms with Crippen LogP contribution in [-0.2, 0) is 0 Å². The van der Waals surface area contributed by atoms with Gasteiger partial charge in [-0.1, -0.05) is 6.07 Å². The van der Waals surface area contributed by atoms with Gasteiger partial charge in [-0.15, -0.1) is 11.3 Å². The molecule has 0 aromatic carbocycles. The monoisotopic (exact) mass is 353 g/mol. The number of anilines is 1. The van der Waals surface area contributed by atoms with E-state index >= 15 is 0 Å². The summed E-state index contributed by atoms with van der Waals surface area (Å²) in [6.07, 6.45) is 6.29. The van der Waals surface area contributed by atoms with Gasteiger partial charge in [0.25, 0.3) is 5.91 Å². The van der Waals surface area contributed by atoms with E-state index in [1.165, 1.54) is 11.3 Å². The summed E-state index contributed by atoms with van der Waals surface area (Å²) < 4.78 is 0. The molecule has 1 saturated heterocycles. The van der Waals surface area contributed by atoms with Crippen LogP contribution >= 0.6 is 11.3 Å². The second-order valence-electron chi connectivity index (χ2n) is 6.38. The molecule has 0 saturated carbocycles. The third-order valence-electron chi connectivity index (χ3n) is 4.54. The molecule has 1 fully saturated rings. The van der Waals surface area contributed by atoms with Gasteiger partial charge in [0, 0.05) is 57.1 Å². The summed E-state index contributed by atoms with van der Waals surface area (Å²) in [6.45, 7) is 1.71. The first-order valence-corrected chi connectivity index (χ1v) is 9.08. The van der Waals surface area contributed by atoms with Crippen LogP contribution in [0.25, 0.3) is 10.2 Å². The van der Waals surface area contributed by atoms with Gasteiger partial charge in [-0.3, -0.25) is 4.79 Å². The summed E-state index contributed by atoms with van der Waals surface area (Å²) in [6, 6.07) is 5.83. The van der Waals surface area contributed by atoms with Crippen LogP contribution in [0.4, 0.5) is 5.95 Å². The molecule has 7 heteroatoms. The molecule has 0 spiro atoms. The lowest BCUT2D eigenvalue weighted by Gasteiger charge is -2.17. The van der Waals surface area contributed by atoms with E-state index in [-0.39, 0.29) is 11.8 Å². The number of carbonyl (C=O) groups is 1. The van der Waals surface area contributed by atoms with Crippen molar-refractivity contribution in [1.29, 1.82) is 0 Å². The molecule has 0 aliphatic carbocycles. The molecular formula is C18H19N5OS. The molecule has 1 atom stereocenters. The van der Waals surface area contributed by atoms with Crippen molar-refractivity contribution in [2.45, 2.75) is 12.3 Å². The van der Waals surface area contributed by atoms with E-state index in [1.807, 2.05) is 12.1 Å². The van der Waals surface area contributed by atoms with Gasteiger partial charge < -0.3 is 9.80 Å². The highest BCUT2D eigenvalue weighted by atomic mass is 32.1. The Labute approximate surface area is 150 Å². The molecular weight excluding hydrogens is 334 g/mol. The molecule has 4 rings (SSSR count). The maximum Gasteiger partial charge on any atom is 0.263 e. The topological polar surface area (TPSA) is 62.2 Å². The Bertz CT molecular complexity index is 908. The highest BCUT2D eigenvalue weighted by Crippen LogP contribution is 2.40. The fourth-order valence-corrected chi connectivity index (χ4v) is 4.60. The standard InChI is InChI=1S/C18H19N5OS/c1-22(2)17(24)15-14(13-5-3-7-19-16(13)25-15)12-6-10-23(11-12)18-20-8-4-9-21-18/h3-5,7-9,12H,6,10-11H2,1-2H3/t12-/m1/s1. The van der Waals surface area contributed by atoms with Crippen LogP contribution < -0.4 is 4.90 Å². The Hall–Kier alpha value is -2.54. The molecule has 0 bridgehead atoms. The van der Waals surface area contributed by atoms with Crippen LogP contribution in [-0.4, -0.2) is 52.9 Å². The summed E-state index contributed by atoms with van der Waals surface area (Å²) >= 11 is 1.49. The van der Waals surface area contributed by atoms with Crippen molar-refractivity contribution in [3.8, 4) is 0 Å². The van der Waals surface area contributed by atoms with Crippen LogP contribution in [0, 0.1) is 0 Å². The molecule has 0 radical (unpaired) electrons. The molecule has 25 heavy (non-hydrogen) atoms. The normalized spacial score (nSPS) is 17.2. The minimum Gasteiger partial charge on any atom is -0.344 e. The molecule has 1 amide bonds. The van der Waals surface area contributed by atoms with Crippen molar-refractivity contribution < 1.29 is 4.79 Å². The van der Waals surface area contributed by atoms with Crippen molar-refractivity contribution in [2.24, 2.45) is 0 Å². The lowest BCUT2D eigenvalue weighted by Crippen LogP contribution is -2.24. The van der Waals surface area contributed by atoms with Gasteiger partial charge in [0.2, 0.25) is 5.95 Å². The predicted molar refractivity (Wildman–Crippen MR) is 99.2 cm³/mol. The Kier molecular flexibility index (Phi) is 4.09. The summed E-state index contributed by atoms with van der Waals surface area (Å²) in [5.41, 5.74) is 1.13. The van der Waals surface area contributed by atoms with E-state index in [0.717, 1.165) is 46.1 Å². The quantitative estimate of drug-likeness (QED) is 0.724. The number of hydrogen-bond acceptors (Lipinski definition) is 6. The predicted octanol–water partition coefficient (Wildman–Crippen LogP) is 2.78. The lowest BCUT2D eigenvalue weighted by atomic mass is 9.95. The minimum atomic E-state index is 0.0485. The summed E-state index contributed by atoms with van der Waals surface area (Å²) in [4.78, 5) is 31.4. The zero-order chi connectivity index (χ0) is 17.4. The van der Waals surface area contributed by atoms with E-state index in [2.05, 4.69) is 25.9 Å². The molecule has 3 aromatic heterocycles. The van der Waals surface area contributed by atoms with Crippen LogP contribution in [0.1, 0.15) is 27.6 Å². The van der Waals surface area contributed by atoms with E-state index in [1.54, 1.807) is 37.6 Å². The number of fused-ring (bicyclic) bond motifs is 1. The minimum absolute atomic E-state index is 0.0485. The van der Waals surface area contributed by atoms with E-state index in [9.17, 15) is 4.79 Å². The third-order valence-corrected chi connectivity index (χ3v) is 5.65. The number of carbonyl (C=O) groups excluding carboxylic acids is 1. The van der Waals surface area contributed by atoms with Crippen molar-refractivity contribution in [2.75, 3.05) is 32.1 Å². The summed E-state index contributed by atoms with van der Waals surface area (Å²) in [5, 5.41) is 1.10. The number of amides is 1. The first-order valence-electron chi connectivity index (χ1n) is 8.26. The molecule has 1 aliphatic rings. The second kappa shape index (κ2) is 6.40. The van der Waals surface area contributed by atoms with Crippen molar-refractivity contribution in [3.05, 3.63) is 47.2 Å². The number of hydrogen-bond donors (Lipinski definition) is 0. The lowest BCUT2D eigenvalue weighted by molar-refractivity contribution is 0.0831. The van der Waals surface area contributed by atoms with Gasteiger partial charge in [0.05, 0.1) is 4.88 Å². The average Bonchev–Trinajstić information content (AvgIpc) is 3.26. The van der Waals surface area contributed by atoms with Crippen LogP contribution in [0.5, 0.6) is 0 Å². The number of rotatable bonds is 3. The van der Waals surface area contributed by atoms with Crippen molar-refractivity contribution in [1.82, 2.24) is 19.9 Å². The van der Waals surface area contributed by atoms with Crippen LogP contribution in [0.15, 0.2) is 36.8 Å². The molecule has 0 N–H and O–H groups in total. The van der Waals surface area contributed by atoms with Crippen LogP contribution in [0.3, 0.4) is 0 Å². The molecule has 3 aromatic rings. The maximum atomic E-state index is 12.7. The zero-order valence-electron chi connectivity index (χ0n) is 14.2. The summed E-state index contributed by atoms with van der Waals surface area (Å²) in [7, 11) is 3.59. The van der Waals surface area contributed by atoms with Gasteiger partial charge in [-0.25, -0.2) is 15.0 Å². The van der Waals surface area contributed by atoms with E-state index < -0.39 is 0 Å². The van der Waals surface area contributed by atoms with Gasteiger partial charge in [0.15, 0.2) is 0 Å². The molecule has 6 nitrogen and oxygen atoms in total. The fourth-order valence-electron chi connectivity index (χ4n) is 3.35. The van der Waals surface area contributed by atoms with Crippen LogP contribution in [0.2, 0.25) is 0 Å². The van der Waals surface area contributed by atoms with E-state index in [0.29, 0.717) is 0 Å². The number of thiophene rings is 1. The molecule has 1 aliphatic heterocycles. The fraction of sp³-hybridized carbons (Fsp3) is 0.333. The highest BCUT2D eigenvalue weighted by Gasteiger charge is 2.32. The first kappa shape index (κ1) is 16.0. The summed E-state index contributed by atoms with van der Waals surface area (Å²) in [5.74, 6) is 1.08. The second-order valence-corrected chi connectivity index (χ2v) is 7.38. The largest absolute Gasteiger partial charge is 0.344 e. The number of pyridine rings is 1. The van der Waals surface area contributed by atoms with Gasteiger partial charge in [-0.2, -0.15) is 0 Å². The molecule has 128 valence electrons. The van der Waals surface area contributed by atoms with Gasteiger partial charge in [-0.05, 0) is 24.1 Å². The maximum absolute atomic E-state index is 12.7. The van der Waals surface area contributed by atoms with Crippen molar-refractivity contribution in [3.63, 3.8) is 0 Å². The third kappa shape index (κ3) is 2.84. The van der Waals surface area contributed by atoms with Gasteiger partial charge in [0.1, 0.15) is 4.83 Å². The Morgan fingerprint density at radius 1 is 1.20 bits per heavy atom. The number of nitrogens with zero attached hydrogens (tertiary/aromatic N) is 5. The Morgan fingerprint density at radius 2 is 1.96 bits per heavy atom.